The van der Waals surface area contributed by atoms with Gasteiger partial charge in [-0.2, -0.15) is 0 Å². The minimum absolute atomic E-state index is 0. The average Bonchev–Trinajstić information content (AvgIpc) is 3.07. The number of aryl methyl sites for hydroxylation is 4. The largest absolute Gasteiger partial charge is 1.00 e. The Hall–Kier alpha value is -0.625. The molecule has 2 unspecified atom stereocenters. The Morgan fingerprint density at radius 1 is 0.522 bits per heavy atom. The molecule has 0 nitrogen and oxygen atoms in total. The van der Waals surface area contributed by atoms with Crippen molar-refractivity contribution >= 4 is 50.2 Å². The monoisotopic (exact) mass is 760 g/mol. The Bertz CT molecular complexity index is 1540. The van der Waals surface area contributed by atoms with Gasteiger partial charge in [-0.25, -0.2) is 0 Å². The molecule has 7 heteroatoms. The smallest absolute Gasteiger partial charge is 1.00 e. The molecule has 0 aromatic heterocycles. The summed E-state index contributed by atoms with van der Waals surface area (Å²) in [4.78, 5) is 0. The van der Waals surface area contributed by atoms with Gasteiger partial charge in [-0.15, -0.1) is 0 Å². The van der Waals surface area contributed by atoms with Gasteiger partial charge in [0, 0.05) is 0 Å². The van der Waals surface area contributed by atoms with Crippen LogP contribution >= 0.6 is 0 Å². The first-order valence-corrected chi connectivity index (χ1v) is 26.1. The standard InChI is InChI=1S/C39H55Si3.3ClH.Ti/c1-15-32-20-33(16-2)22-37(21-32)42(36-18-27(3)17-28(4)19-36,39(8)26-29(5)30(6)31(39)7)38-24-34(40(9,10)11)23-35(25-38)41(12,13)14;;;;/h17-25H,15-16H2,1-14H3;3*1H;/q;;;;+3/p-3. The van der Waals surface area contributed by atoms with Crippen molar-refractivity contribution in [1.29, 1.82) is 0 Å². The molecule has 1 aliphatic carbocycles. The summed E-state index contributed by atoms with van der Waals surface area (Å²) in [5.41, 5.74) is 10.3. The number of allylic oxidation sites excluding steroid dienone is 4. The predicted octanol–water partition coefficient (Wildman–Crippen LogP) is -1.07. The van der Waals surface area contributed by atoms with Gasteiger partial charge < -0.3 is 37.2 Å². The van der Waals surface area contributed by atoms with E-state index in [4.69, 9.17) is 0 Å². The Labute approximate surface area is 315 Å². The second-order valence-corrected chi connectivity index (χ2v) is 30.7. The molecule has 0 saturated heterocycles. The average molecular weight is 762 g/mol. The SMILES string of the molecule is CCc1cc(CC)cc([Si](c2cc(C)cc(C)c2)(c2cc([Si](C)(C)C)cc([Si](C)(C)C)c2)C2(C)C(C)=C(C)C(C)=[C]2[Ti+3])c1.[Cl-].[Cl-].[Cl-]. The molecule has 0 bridgehead atoms. The fourth-order valence-corrected chi connectivity index (χ4v) is 18.3. The van der Waals surface area contributed by atoms with Crippen molar-refractivity contribution < 1.29 is 57.7 Å². The minimum atomic E-state index is -2.77. The van der Waals surface area contributed by atoms with E-state index in [1.807, 2.05) is 0 Å². The van der Waals surface area contributed by atoms with Crippen LogP contribution in [0.2, 0.25) is 44.3 Å². The van der Waals surface area contributed by atoms with E-state index in [1.54, 1.807) is 35.4 Å². The molecule has 0 saturated carbocycles. The van der Waals surface area contributed by atoms with Crippen LogP contribution in [0.1, 0.15) is 63.8 Å². The van der Waals surface area contributed by atoms with Crippen molar-refractivity contribution in [3.63, 3.8) is 0 Å². The minimum Gasteiger partial charge on any atom is -1.00 e. The molecule has 248 valence electrons. The first kappa shape index (κ1) is 43.4. The number of rotatable bonds is 8. The van der Waals surface area contributed by atoms with Crippen LogP contribution in [-0.4, -0.2) is 24.2 Å². The van der Waals surface area contributed by atoms with Gasteiger partial charge in [0.1, 0.15) is 0 Å². The molecule has 0 radical (unpaired) electrons. The topological polar surface area (TPSA) is 0 Å². The van der Waals surface area contributed by atoms with Crippen LogP contribution < -0.4 is 63.2 Å². The van der Waals surface area contributed by atoms with Crippen molar-refractivity contribution in [3.05, 3.63) is 97.4 Å². The number of halogens is 3. The summed E-state index contributed by atoms with van der Waals surface area (Å²) in [6, 6.07) is 23.3. The van der Waals surface area contributed by atoms with Gasteiger partial charge in [-0.1, -0.05) is 0 Å². The molecule has 0 aliphatic heterocycles. The number of hydrogen-bond donors (Lipinski definition) is 0. The van der Waals surface area contributed by atoms with Crippen LogP contribution in [0, 0.1) is 13.8 Å². The van der Waals surface area contributed by atoms with E-state index in [0.29, 0.717) is 0 Å². The molecule has 0 heterocycles. The quantitative estimate of drug-likeness (QED) is 0.203. The van der Waals surface area contributed by atoms with Crippen LogP contribution in [0.15, 0.2) is 75.2 Å². The van der Waals surface area contributed by atoms with E-state index in [2.05, 4.69) is 170 Å². The van der Waals surface area contributed by atoms with Gasteiger partial charge in [-0.05, 0) is 0 Å². The van der Waals surface area contributed by atoms with Gasteiger partial charge in [0.25, 0.3) is 0 Å². The molecule has 2 atom stereocenters. The zero-order valence-corrected chi connectivity index (χ0v) is 37.6. The van der Waals surface area contributed by atoms with Crippen LogP contribution in [0.4, 0.5) is 0 Å². The Kier molecular flexibility index (Phi) is 14.6. The molecule has 0 amide bonds. The van der Waals surface area contributed by atoms with Crippen LogP contribution in [0.5, 0.6) is 0 Å². The van der Waals surface area contributed by atoms with E-state index in [9.17, 15) is 0 Å². The van der Waals surface area contributed by atoms with Gasteiger partial charge in [0.2, 0.25) is 0 Å². The molecular formula is C39H55Cl3Si3Ti. The Morgan fingerprint density at radius 3 is 1.24 bits per heavy atom. The van der Waals surface area contributed by atoms with Gasteiger partial charge in [-0.3, -0.25) is 0 Å². The fourth-order valence-electron chi connectivity index (χ4n) is 7.53. The van der Waals surface area contributed by atoms with Gasteiger partial charge >= 0.3 is 281 Å². The van der Waals surface area contributed by atoms with Crippen molar-refractivity contribution in [2.24, 2.45) is 0 Å². The van der Waals surface area contributed by atoms with E-state index >= 15 is 0 Å². The summed E-state index contributed by atoms with van der Waals surface area (Å²) in [6.07, 6.45) is 2.12. The maximum absolute atomic E-state index is 2.77. The molecule has 3 aromatic rings. The van der Waals surface area contributed by atoms with E-state index in [0.717, 1.165) is 12.8 Å². The third-order valence-electron chi connectivity index (χ3n) is 10.6. The Balaban J connectivity index is 0.00000353. The fraction of sp³-hybridized carbons (Fsp3) is 0.436. The molecule has 4 rings (SSSR count). The van der Waals surface area contributed by atoms with E-state index in [1.165, 1.54) is 33.4 Å². The number of hydrogen-bond acceptors (Lipinski definition) is 0. The molecular weight excluding hydrogens is 707 g/mol. The predicted molar refractivity (Wildman–Crippen MR) is 198 cm³/mol. The second-order valence-electron chi connectivity index (χ2n) is 15.5. The first-order chi connectivity index (χ1) is 19.8. The number of benzene rings is 3. The summed E-state index contributed by atoms with van der Waals surface area (Å²) in [7, 11) is -6.01. The normalized spacial score (nSPS) is 18.1. The molecule has 3 aromatic carbocycles. The van der Waals surface area contributed by atoms with Crippen LogP contribution in [0.25, 0.3) is 0 Å². The zero-order chi connectivity index (χ0) is 32.3. The molecule has 46 heavy (non-hydrogen) atoms. The maximum Gasteiger partial charge on any atom is -1.00 e. The molecule has 1 aliphatic rings. The molecule has 0 fully saturated rings. The van der Waals surface area contributed by atoms with Crippen molar-refractivity contribution in [2.45, 2.75) is 113 Å². The van der Waals surface area contributed by atoms with E-state index < -0.39 is 24.2 Å². The van der Waals surface area contributed by atoms with Crippen molar-refractivity contribution in [3.8, 4) is 0 Å². The Morgan fingerprint density at radius 2 is 0.891 bits per heavy atom. The van der Waals surface area contributed by atoms with Gasteiger partial charge in [0.05, 0.1) is 0 Å². The summed E-state index contributed by atoms with van der Waals surface area (Å²) in [6.45, 7) is 34.4. The summed E-state index contributed by atoms with van der Waals surface area (Å²) < 4.78 is 1.57. The molecule has 0 N–H and O–H groups in total. The molecule has 0 spiro atoms. The first-order valence-electron chi connectivity index (χ1n) is 16.3. The third kappa shape index (κ3) is 7.43. The summed E-state index contributed by atoms with van der Waals surface area (Å²) in [5.74, 6) is 0. The van der Waals surface area contributed by atoms with Crippen LogP contribution in [-0.2, 0) is 33.3 Å². The maximum atomic E-state index is 2.72. The summed E-state index contributed by atoms with van der Waals surface area (Å²) in [5, 5.41) is 7.92. The van der Waals surface area contributed by atoms with Gasteiger partial charge in [0.15, 0.2) is 0 Å². The second kappa shape index (κ2) is 15.5. The van der Waals surface area contributed by atoms with Crippen LogP contribution in [0.3, 0.4) is 0 Å². The third-order valence-corrected chi connectivity index (χ3v) is 21.9. The van der Waals surface area contributed by atoms with Crippen molar-refractivity contribution in [1.82, 2.24) is 0 Å². The van der Waals surface area contributed by atoms with Crippen molar-refractivity contribution in [2.75, 3.05) is 0 Å². The summed E-state index contributed by atoms with van der Waals surface area (Å²) >= 11 is 2.46. The zero-order valence-electron chi connectivity index (χ0n) is 30.7. The van der Waals surface area contributed by atoms with E-state index in [-0.39, 0.29) is 42.3 Å².